The highest BCUT2D eigenvalue weighted by Crippen LogP contribution is 2.07. The third-order valence-electron chi connectivity index (χ3n) is 2.81. The molecule has 20 heavy (non-hydrogen) atoms. The maximum Gasteiger partial charge on any atom is 0.326 e. The van der Waals surface area contributed by atoms with Gasteiger partial charge in [-0.25, -0.2) is 4.79 Å². The van der Waals surface area contributed by atoms with E-state index < -0.39 is 29.4 Å². The number of rotatable bonds is 8. The van der Waals surface area contributed by atoms with Gasteiger partial charge in [0.2, 0.25) is 5.91 Å². The Kier molecular flexibility index (Phi) is 7.20. The van der Waals surface area contributed by atoms with Crippen molar-refractivity contribution in [1.82, 2.24) is 10.6 Å². The Bertz CT molecular complexity index is 366. The topological polar surface area (TPSA) is 105 Å². The molecule has 0 radical (unpaired) electrons. The van der Waals surface area contributed by atoms with Crippen LogP contribution in [0.15, 0.2) is 0 Å². The largest absolute Gasteiger partial charge is 0.480 e. The van der Waals surface area contributed by atoms with E-state index in [4.69, 9.17) is 9.84 Å². The molecule has 0 spiro atoms. The summed E-state index contributed by atoms with van der Waals surface area (Å²) in [7, 11) is 1.39. The lowest BCUT2D eigenvalue weighted by Gasteiger charge is -2.22. The number of hydrogen-bond donors (Lipinski definition) is 3. The lowest BCUT2D eigenvalue weighted by molar-refractivity contribution is -0.143. The van der Waals surface area contributed by atoms with Crippen LogP contribution in [-0.4, -0.2) is 48.2 Å². The van der Waals surface area contributed by atoms with E-state index in [1.807, 2.05) is 13.8 Å². The molecule has 7 nitrogen and oxygen atoms in total. The number of carbonyl (C=O) groups excluding carboxylic acids is 2. The Morgan fingerprint density at radius 1 is 1.25 bits per heavy atom. The summed E-state index contributed by atoms with van der Waals surface area (Å²) in [6, 6.07) is -0.949. The highest BCUT2D eigenvalue weighted by atomic mass is 16.5. The second-order valence-electron chi connectivity index (χ2n) is 5.48. The number of nitrogens with one attached hydrogen (secondary N) is 2. The highest BCUT2D eigenvalue weighted by molar-refractivity contribution is 5.90. The number of hydrogen-bond acceptors (Lipinski definition) is 4. The maximum absolute atomic E-state index is 11.7. The summed E-state index contributed by atoms with van der Waals surface area (Å²) < 4.78 is 4.97. The van der Waals surface area contributed by atoms with Gasteiger partial charge in [0.15, 0.2) is 0 Å². The molecule has 116 valence electrons. The van der Waals surface area contributed by atoms with Gasteiger partial charge in [0.1, 0.15) is 11.6 Å². The number of methoxy groups -OCH3 is 1. The van der Waals surface area contributed by atoms with E-state index in [9.17, 15) is 14.4 Å². The predicted molar refractivity (Wildman–Crippen MR) is 73.1 cm³/mol. The van der Waals surface area contributed by atoms with Crippen LogP contribution in [0, 0.1) is 5.92 Å². The standard InChI is InChI=1S/C13H24N2O5/c1-8(2)6-9(11(17)18)15-10(16)7-14-12(19)13(3,4)20-5/h8-9H,6-7H2,1-5H3,(H,14,19)(H,15,16)(H,17,18)/t9-/m0/s1. The first-order valence-electron chi connectivity index (χ1n) is 6.45. The van der Waals surface area contributed by atoms with Crippen LogP contribution in [0.25, 0.3) is 0 Å². The normalized spacial score (nSPS) is 12.9. The van der Waals surface area contributed by atoms with Crippen molar-refractivity contribution in [2.24, 2.45) is 5.92 Å². The minimum Gasteiger partial charge on any atom is -0.480 e. The molecule has 0 saturated heterocycles. The van der Waals surface area contributed by atoms with Crippen LogP contribution in [0.5, 0.6) is 0 Å². The lowest BCUT2D eigenvalue weighted by atomic mass is 10.0. The van der Waals surface area contributed by atoms with Gasteiger partial charge in [-0.15, -0.1) is 0 Å². The molecule has 0 aliphatic carbocycles. The van der Waals surface area contributed by atoms with Crippen molar-refractivity contribution in [2.45, 2.75) is 45.8 Å². The number of carboxylic acid groups (broad SMARTS) is 1. The van der Waals surface area contributed by atoms with Crippen molar-refractivity contribution in [3.63, 3.8) is 0 Å². The highest BCUT2D eigenvalue weighted by Gasteiger charge is 2.27. The van der Waals surface area contributed by atoms with Gasteiger partial charge in [-0.2, -0.15) is 0 Å². The first kappa shape index (κ1) is 18.4. The molecule has 7 heteroatoms. The van der Waals surface area contributed by atoms with Gasteiger partial charge in [-0.05, 0) is 26.2 Å². The fraction of sp³-hybridized carbons (Fsp3) is 0.769. The predicted octanol–water partition coefficient (Wildman–Crippen LogP) is 0.143. The minimum atomic E-state index is -1.09. The maximum atomic E-state index is 11.7. The third-order valence-corrected chi connectivity index (χ3v) is 2.81. The van der Waals surface area contributed by atoms with Crippen molar-refractivity contribution < 1.29 is 24.2 Å². The van der Waals surface area contributed by atoms with Crippen LogP contribution in [0.2, 0.25) is 0 Å². The fourth-order valence-corrected chi connectivity index (χ4v) is 1.40. The second kappa shape index (κ2) is 7.84. The summed E-state index contributed by atoms with van der Waals surface area (Å²) in [6.07, 6.45) is 0.332. The Labute approximate surface area is 119 Å². The number of amides is 2. The monoisotopic (exact) mass is 288 g/mol. The number of carbonyl (C=O) groups is 3. The number of carboxylic acids is 1. The quantitative estimate of drug-likeness (QED) is 0.589. The average molecular weight is 288 g/mol. The summed E-state index contributed by atoms with van der Waals surface area (Å²) in [5, 5.41) is 13.8. The molecule has 0 aromatic rings. The van der Waals surface area contributed by atoms with Crippen LogP contribution < -0.4 is 10.6 Å². The van der Waals surface area contributed by atoms with E-state index in [2.05, 4.69) is 10.6 Å². The van der Waals surface area contributed by atoms with Crippen LogP contribution in [0.1, 0.15) is 34.1 Å². The Morgan fingerprint density at radius 3 is 2.20 bits per heavy atom. The molecule has 0 aromatic heterocycles. The molecule has 0 aromatic carbocycles. The average Bonchev–Trinajstić information content (AvgIpc) is 2.34. The summed E-state index contributed by atoms with van der Waals surface area (Å²) >= 11 is 0. The Hall–Kier alpha value is -1.63. The van der Waals surface area contributed by atoms with Gasteiger partial charge in [0, 0.05) is 7.11 Å². The molecule has 3 N–H and O–H groups in total. The molecule has 0 unspecified atom stereocenters. The van der Waals surface area contributed by atoms with Crippen LogP contribution in [0.4, 0.5) is 0 Å². The van der Waals surface area contributed by atoms with E-state index in [-0.39, 0.29) is 12.5 Å². The van der Waals surface area contributed by atoms with Crippen molar-refractivity contribution in [3.05, 3.63) is 0 Å². The number of aliphatic carboxylic acids is 1. The Morgan fingerprint density at radius 2 is 1.80 bits per heavy atom. The summed E-state index contributed by atoms with van der Waals surface area (Å²) in [5.41, 5.74) is -1.04. The van der Waals surface area contributed by atoms with Crippen molar-refractivity contribution in [3.8, 4) is 0 Å². The zero-order valence-electron chi connectivity index (χ0n) is 12.6. The van der Waals surface area contributed by atoms with Crippen LogP contribution in [0.3, 0.4) is 0 Å². The molecule has 1 atom stereocenters. The van der Waals surface area contributed by atoms with Crippen LogP contribution >= 0.6 is 0 Å². The van der Waals surface area contributed by atoms with Crippen LogP contribution in [-0.2, 0) is 19.1 Å². The van der Waals surface area contributed by atoms with Gasteiger partial charge in [0.25, 0.3) is 5.91 Å². The third kappa shape index (κ3) is 6.51. The molecule has 0 aliphatic rings. The smallest absolute Gasteiger partial charge is 0.326 e. The first-order valence-corrected chi connectivity index (χ1v) is 6.45. The van der Waals surface area contributed by atoms with E-state index in [0.717, 1.165) is 0 Å². The summed E-state index contributed by atoms with van der Waals surface area (Å²) in [6.45, 7) is 6.58. The number of ether oxygens (including phenoxy) is 1. The molecular weight excluding hydrogens is 264 g/mol. The lowest BCUT2D eigenvalue weighted by Crippen LogP contribution is -2.50. The fourth-order valence-electron chi connectivity index (χ4n) is 1.40. The van der Waals surface area contributed by atoms with Gasteiger partial charge in [0.05, 0.1) is 6.54 Å². The van der Waals surface area contributed by atoms with Gasteiger partial charge >= 0.3 is 5.97 Å². The van der Waals surface area contributed by atoms with Crippen molar-refractivity contribution in [1.29, 1.82) is 0 Å². The van der Waals surface area contributed by atoms with E-state index >= 15 is 0 Å². The second-order valence-corrected chi connectivity index (χ2v) is 5.48. The van der Waals surface area contributed by atoms with E-state index in [0.29, 0.717) is 6.42 Å². The van der Waals surface area contributed by atoms with E-state index in [1.54, 1.807) is 13.8 Å². The molecule has 0 aliphatic heterocycles. The van der Waals surface area contributed by atoms with E-state index in [1.165, 1.54) is 7.11 Å². The molecular formula is C13H24N2O5. The van der Waals surface area contributed by atoms with Gasteiger partial charge in [-0.1, -0.05) is 13.8 Å². The minimum absolute atomic E-state index is 0.137. The molecule has 0 fully saturated rings. The van der Waals surface area contributed by atoms with Crippen molar-refractivity contribution >= 4 is 17.8 Å². The molecule has 0 bridgehead atoms. The van der Waals surface area contributed by atoms with Gasteiger partial charge in [-0.3, -0.25) is 9.59 Å². The zero-order chi connectivity index (χ0) is 15.9. The first-order chi connectivity index (χ1) is 9.10. The molecule has 0 rings (SSSR count). The summed E-state index contributed by atoms with van der Waals surface area (Å²) in [5.74, 6) is -1.93. The SMILES string of the molecule is COC(C)(C)C(=O)NCC(=O)N[C@@H](CC(C)C)C(=O)O. The van der Waals surface area contributed by atoms with Crippen molar-refractivity contribution in [2.75, 3.05) is 13.7 Å². The summed E-state index contributed by atoms with van der Waals surface area (Å²) in [4.78, 5) is 34.3. The van der Waals surface area contributed by atoms with Gasteiger partial charge < -0.3 is 20.5 Å². The zero-order valence-corrected chi connectivity index (χ0v) is 12.6. The molecule has 0 saturated carbocycles. The Balaban J connectivity index is 4.34. The molecule has 0 heterocycles. The molecule has 2 amide bonds.